The molecule has 2 aromatic rings. The lowest BCUT2D eigenvalue weighted by atomic mass is 10.3. The maximum atomic E-state index is 13.0. The van der Waals surface area contributed by atoms with Gasteiger partial charge < -0.3 is 10.1 Å². The number of hydrogen-bond acceptors (Lipinski definition) is 3. The Morgan fingerprint density at radius 2 is 2.05 bits per heavy atom. The molecule has 21 heavy (non-hydrogen) atoms. The average molecular weight is 329 g/mol. The van der Waals surface area contributed by atoms with Crippen molar-refractivity contribution in [3.63, 3.8) is 0 Å². The molecule has 0 unspecified atom stereocenters. The van der Waals surface area contributed by atoms with Gasteiger partial charge >= 0.3 is 0 Å². The van der Waals surface area contributed by atoms with E-state index in [2.05, 4.69) is 17.2 Å². The minimum atomic E-state index is -0.427. The molecular formula is C15H15Cl2FN2O. The molecular weight excluding hydrogens is 314 g/mol. The van der Waals surface area contributed by atoms with E-state index in [9.17, 15) is 4.39 Å². The molecule has 0 amide bonds. The SMILES string of the molecule is CCCNCc1cnc(Oc2ccc(F)cc2Cl)c(Cl)c1. The summed E-state index contributed by atoms with van der Waals surface area (Å²) in [5.74, 6) is 0.123. The maximum absolute atomic E-state index is 13.0. The van der Waals surface area contributed by atoms with E-state index >= 15 is 0 Å². The van der Waals surface area contributed by atoms with Gasteiger partial charge in [-0.25, -0.2) is 9.37 Å². The normalized spacial score (nSPS) is 10.7. The molecule has 0 aliphatic heterocycles. The number of halogens is 3. The number of ether oxygens (including phenoxy) is 1. The van der Waals surface area contributed by atoms with Gasteiger partial charge in [0, 0.05) is 12.7 Å². The van der Waals surface area contributed by atoms with E-state index in [0.717, 1.165) is 18.5 Å². The molecule has 1 heterocycles. The first-order valence-electron chi connectivity index (χ1n) is 6.58. The van der Waals surface area contributed by atoms with Crippen molar-refractivity contribution in [2.24, 2.45) is 0 Å². The van der Waals surface area contributed by atoms with Gasteiger partial charge in [0.25, 0.3) is 0 Å². The fourth-order valence-corrected chi connectivity index (χ4v) is 2.14. The Balaban J connectivity index is 2.10. The third kappa shape index (κ3) is 4.56. The summed E-state index contributed by atoms with van der Waals surface area (Å²) in [5, 5.41) is 3.81. The second-order valence-electron chi connectivity index (χ2n) is 4.48. The number of nitrogens with zero attached hydrogens (tertiary/aromatic N) is 1. The van der Waals surface area contributed by atoms with Gasteiger partial charge in [-0.3, -0.25) is 0 Å². The molecule has 0 bridgehead atoms. The van der Waals surface area contributed by atoms with Gasteiger partial charge in [-0.2, -0.15) is 0 Å². The van der Waals surface area contributed by atoms with E-state index in [1.807, 2.05) is 0 Å². The van der Waals surface area contributed by atoms with Crippen LogP contribution < -0.4 is 10.1 Å². The second kappa shape index (κ2) is 7.59. The van der Waals surface area contributed by atoms with Gasteiger partial charge in [-0.1, -0.05) is 30.1 Å². The zero-order valence-corrected chi connectivity index (χ0v) is 13.0. The van der Waals surface area contributed by atoms with Crippen molar-refractivity contribution in [1.29, 1.82) is 0 Å². The van der Waals surface area contributed by atoms with E-state index in [4.69, 9.17) is 27.9 Å². The summed E-state index contributed by atoms with van der Waals surface area (Å²) in [4.78, 5) is 4.17. The Morgan fingerprint density at radius 3 is 2.71 bits per heavy atom. The van der Waals surface area contributed by atoms with Gasteiger partial charge in [-0.15, -0.1) is 0 Å². The molecule has 0 aliphatic carbocycles. The number of pyridine rings is 1. The van der Waals surface area contributed by atoms with Crippen LogP contribution in [0.5, 0.6) is 11.6 Å². The average Bonchev–Trinajstić information content (AvgIpc) is 2.44. The third-order valence-corrected chi connectivity index (χ3v) is 3.29. The van der Waals surface area contributed by atoms with Crippen molar-refractivity contribution >= 4 is 23.2 Å². The molecule has 0 aliphatic rings. The number of nitrogens with one attached hydrogen (secondary N) is 1. The van der Waals surface area contributed by atoms with Gasteiger partial charge in [0.05, 0.1) is 5.02 Å². The topological polar surface area (TPSA) is 34.2 Å². The van der Waals surface area contributed by atoms with E-state index in [1.165, 1.54) is 18.2 Å². The largest absolute Gasteiger partial charge is 0.436 e. The molecule has 3 nitrogen and oxygen atoms in total. The fraction of sp³-hybridized carbons (Fsp3) is 0.267. The lowest BCUT2D eigenvalue weighted by Gasteiger charge is -2.09. The van der Waals surface area contributed by atoms with Crippen LogP contribution in [0.2, 0.25) is 10.0 Å². The predicted octanol–water partition coefficient (Wildman–Crippen LogP) is 4.82. The second-order valence-corrected chi connectivity index (χ2v) is 5.30. The van der Waals surface area contributed by atoms with Crippen LogP contribution in [0.1, 0.15) is 18.9 Å². The molecule has 1 aromatic carbocycles. The summed E-state index contributed by atoms with van der Waals surface area (Å²) in [6.07, 6.45) is 2.74. The number of benzene rings is 1. The molecule has 6 heteroatoms. The summed E-state index contributed by atoms with van der Waals surface area (Å²) in [6.45, 7) is 3.72. The van der Waals surface area contributed by atoms with Crippen molar-refractivity contribution in [2.75, 3.05) is 6.54 Å². The van der Waals surface area contributed by atoms with Crippen LogP contribution in [-0.4, -0.2) is 11.5 Å². The minimum absolute atomic E-state index is 0.168. The molecule has 0 saturated carbocycles. The molecule has 2 rings (SSSR count). The van der Waals surface area contributed by atoms with Crippen LogP contribution in [-0.2, 0) is 6.54 Å². The van der Waals surface area contributed by atoms with E-state index < -0.39 is 5.82 Å². The number of aromatic nitrogens is 1. The van der Waals surface area contributed by atoms with Gasteiger partial charge in [0.15, 0.2) is 0 Å². The molecule has 0 spiro atoms. The third-order valence-electron chi connectivity index (χ3n) is 2.72. The molecule has 112 valence electrons. The molecule has 0 fully saturated rings. The highest BCUT2D eigenvalue weighted by molar-refractivity contribution is 6.32. The highest BCUT2D eigenvalue weighted by Gasteiger charge is 2.09. The Hall–Kier alpha value is -1.36. The standard InChI is InChI=1S/C15H15Cl2FN2O/c1-2-5-19-8-10-6-13(17)15(20-9-10)21-14-4-3-11(18)7-12(14)16/h3-4,6-7,9,19H,2,5,8H2,1H3. The van der Waals surface area contributed by atoms with Crippen LogP contribution >= 0.6 is 23.2 Å². The summed E-state index contributed by atoms with van der Waals surface area (Å²) < 4.78 is 18.5. The summed E-state index contributed by atoms with van der Waals surface area (Å²) >= 11 is 12.0. The Morgan fingerprint density at radius 1 is 1.24 bits per heavy atom. The Kier molecular flexibility index (Phi) is 5.79. The van der Waals surface area contributed by atoms with Gasteiger partial charge in [0.2, 0.25) is 5.88 Å². The first-order valence-corrected chi connectivity index (χ1v) is 7.33. The van der Waals surface area contributed by atoms with Crippen molar-refractivity contribution in [1.82, 2.24) is 10.3 Å². The van der Waals surface area contributed by atoms with Crippen molar-refractivity contribution in [3.05, 3.63) is 51.9 Å². The zero-order chi connectivity index (χ0) is 15.2. The first-order chi connectivity index (χ1) is 10.1. The van der Waals surface area contributed by atoms with Crippen molar-refractivity contribution in [2.45, 2.75) is 19.9 Å². The van der Waals surface area contributed by atoms with E-state index in [-0.39, 0.29) is 10.9 Å². The van der Waals surface area contributed by atoms with E-state index in [1.54, 1.807) is 12.3 Å². The monoisotopic (exact) mass is 328 g/mol. The molecule has 1 N–H and O–H groups in total. The highest BCUT2D eigenvalue weighted by Crippen LogP contribution is 2.32. The Labute approximate surface area is 133 Å². The van der Waals surface area contributed by atoms with Crippen LogP contribution in [0.4, 0.5) is 4.39 Å². The smallest absolute Gasteiger partial charge is 0.238 e. The van der Waals surface area contributed by atoms with E-state index in [0.29, 0.717) is 17.3 Å². The zero-order valence-electron chi connectivity index (χ0n) is 11.5. The molecule has 0 radical (unpaired) electrons. The minimum Gasteiger partial charge on any atom is -0.436 e. The maximum Gasteiger partial charge on any atom is 0.238 e. The van der Waals surface area contributed by atoms with Gasteiger partial charge in [-0.05, 0) is 42.8 Å². The van der Waals surface area contributed by atoms with Crippen LogP contribution in [0.15, 0.2) is 30.5 Å². The molecule has 1 aromatic heterocycles. The lowest BCUT2D eigenvalue weighted by Crippen LogP contribution is -2.13. The highest BCUT2D eigenvalue weighted by atomic mass is 35.5. The first kappa shape index (κ1) is 16.0. The summed E-state index contributed by atoms with van der Waals surface area (Å²) in [7, 11) is 0. The predicted molar refractivity (Wildman–Crippen MR) is 82.7 cm³/mol. The molecule has 0 saturated heterocycles. The van der Waals surface area contributed by atoms with Crippen molar-refractivity contribution < 1.29 is 9.13 Å². The van der Waals surface area contributed by atoms with Crippen LogP contribution in [0.25, 0.3) is 0 Å². The number of hydrogen-bond donors (Lipinski definition) is 1. The Bertz CT molecular complexity index is 623. The summed E-state index contributed by atoms with van der Waals surface area (Å²) in [6, 6.07) is 5.66. The summed E-state index contributed by atoms with van der Waals surface area (Å²) in [5.41, 5.74) is 0.964. The van der Waals surface area contributed by atoms with Gasteiger partial charge in [0.1, 0.15) is 16.6 Å². The van der Waals surface area contributed by atoms with Crippen LogP contribution in [0.3, 0.4) is 0 Å². The molecule has 0 atom stereocenters. The fourth-order valence-electron chi connectivity index (χ4n) is 1.71. The lowest BCUT2D eigenvalue weighted by molar-refractivity contribution is 0.461. The van der Waals surface area contributed by atoms with Crippen LogP contribution in [0, 0.1) is 5.82 Å². The quantitative estimate of drug-likeness (QED) is 0.772. The van der Waals surface area contributed by atoms with Crippen molar-refractivity contribution in [3.8, 4) is 11.6 Å². The number of rotatable bonds is 6.